The van der Waals surface area contributed by atoms with Gasteiger partial charge in [0.15, 0.2) is 17.1 Å². The highest BCUT2D eigenvalue weighted by Crippen LogP contribution is 2.40. The van der Waals surface area contributed by atoms with E-state index in [1.54, 1.807) is 20.8 Å². The molecule has 4 unspecified atom stereocenters. The van der Waals surface area contributed by atoms with Crippen molar-refractivity contribution in [3.05, 3.63) is 52.4 Å². The number of nitrogens with zero attached hydrogens (tertiary/aromatic N) is 3. The van der Waals surface area contributed by atoms with Crippen molar-refractivity contribution in [3.8, 4) is 5.88 Å². The number of carbonyl (C=O) groups is 2. The number of benzene rings is 1. The fourth-order valence-electron chi connectivity index (χ4n) is 5.40. The quantitative estimate of drug-likeness (QED) is 0.463. The molecule has 218 valence electrons. The molecular weight excluding hydrogens is 551 g/mol. The van der Waals surface area contributed by atoms with Gasteiger partial charge in [-0.3, -0.25) is 14.6 Å². The summed E-state index contributed by atoms with van der Waals surface area (Å²) in [7, 11) is 1.26. The van der Waals surface area contributed by atoms with Crippen LogP contribution in [0, 0.1) is 5.82 Å². The average molecular weight is 584 g/mol. The zero-order valence-corrected chi connectivity index (χ0v) is 23.4. The summed E-state index contributed by atoms with van der Waals surface area (Å²) >= 11 is 5.86. The molecule has 2 aliphatic rings. The lowest BCUT2D eigenvalue weighted by atomic mass is 9.96. The van der Waals surface area contributed by atoms with Crippen molar-refractivity contribution in [2.24, 2.45) is 0 Å². The second-order valence-electron chi connectivity index (χ2n) is 10.9. The van der Waals surface area contributed by atoms with Crippen LogP contribution in [0.3, 0.4) is 0 Å². The first-order valence-corrected chi connectivity index (χ1v) is 13.3. The van der Waals surface area contributed by atoms with E-state index in [1.165, 1.54) is 11.9 Å². The number of nitrogen functional groups attached to an aromatic ring is 1. The van der Waals surface area contributed by atoms with Crippen LogP contribution in [0.25, 0.3) is 0 Å². The molecule has 2 saturated heterocycles. The van der Waals surface area contributed by atoms with Crippen LogP contribution in [0.4, 0.5) is 23.7 Å². The van der Waals surface area contributed by atoms with Gasteiger partial charge in [0.25, 0.3) is 12.3 Å². The molecule has 3 N–H and O–H groups in total. The number of fused-ring (bicyclic) bond motifs is 2. The van der Waals surface area contributed by atoms with E-state index in [0.29, 0.717) is 19.4 Å². The number of alkyl halides is 2. The number of anilines is 1. The van der Waals surface area contributed by atoms with Crippen LogP contribution in [0.1, 0.15) is 49.5 Å². The van der Waals surface area contributed by atoms with Crippen LogP contribution in [-0.4, -0.2) is 76.6 Å². The van der Waals surface area contributed by atoms with Crippen molar-refractivity contribution in [2.75, 3.05) is 19.3 Å². The number of aromatic nitrogens is 1. The van der Waals surface area contributed by atoms with Crippen LogP contribution in [-0.2, 0) is 11.3 Å². The van der Waals surface area contributed by atoms with Gasteiger partial charge in [-0.1, -0.05) is 41.9 Å². The molecule has 3 heterocycles. The van der Waals surface area contributed by atoms with Crippen molar-refractivity contribution in [2.45, 2.75) is 76.4 Å². The molecule has 2 bridgehead atoms. The van der Waals surface area contributed by atoms with E-state index in [9.17, 15) is 22.8 Å². The lowest BCUT2D eigenvalue weighted by Crippen LogP contribution is -2.67. The molecule has 40 heavy (non-hydrogen) atoms. The summed E-state index contributed by atoms with van der Waals surface area (Å²) in [4.78, 5) is 33.0. The molecule has 4 atom stereocenters. The zero-order chi connectivity index (χ0) is 29.4. The van der Waals surface area contributed by atoms with Crippen molar-refractivity contribution in [1.82, 2.24) is 20.1 Å². The molecule has 2 amide bonds. The Hall–Kier alpha value is -3.25. The van der Waals surface area contributed by atoms with E-state index in [4.69, 9.17) is 26.8 Å². The normalized spacial score (nSPS) is 21.8. The van der Waals surface area contributed by atoms with Gasteiger partial charge in [0.2, 0.25) is 5.88 Å². The van der Waals surface area contributed by atoms with E-state index < -0.39 is 70.3 Å². The van der Waals surface area contributed by atoms with E-state index >= 15 is 0 Å². The van der Waals surface area contributed by atoms with Crippen LogP contribution < -0.4 is 15.8 Å². The monoisotopic (exact) mass is 583 g/mol. The molecule has 0 spiro atoms. The molecule has 2 aliphatic heterocycles. The summed E-state index contributed by atoms with van der Waals surface area (Å²) in [6, 6.07) is 7.72. The minimum absolute atomic E-state index is 0.0947. The number of likely N-dealkylation sites (tertiary alicyclic amines) is 1. The van der Waals surface area contributed by atoms with Crippen molar-refractivity contribution < 1.29 is 32.2 Å². The number of halogens is 4. The number of hydrogen-bond donors (Lipinski definition) is 2. The highest BCUT2D eigenvalue weighted by molar-refractivity contribution is 6.30. The fourth-order valence-corrected chi connectivity index (χ4v) is 5.58. The van der Waals surface area contributed by atoms with Gasteiger partial charge in [0, 0.05) is 32.2 Å². The smallest absolute Gasteiger partial charge is 0.410 e. The van der Waals surface area contributed by atoms with Gasteiger partial charge in [-0.15, -0.1) is 0 Å². The van der Waals surface area contributed by atoms with Gasteiger partial charge in [-0.25, -0.2) is 18.0 Å². The highest BCUT2D eigenvalue weighted by atomic mass is 35.5. The topological polar surface area (TPSA) is 110 Å². The third-order valence-electron chi connectivity index (χ3n) is 7.08. The lowest BCUT2D eigenvalue weighted by Gasteiger charge is -2.49. The van der Waals surface area contributed by atoms with Crippen LogP contribution in [0.5, 0.6) is 5.88 Å². The SMILES string of the molecule is CNC(=O)c1c(OC(C(F)F)C2C3CCC(CN2C(=O)OC(C)(C)C)N3Cc2ccccc2)nc(Cl)c(F)c1N. The van der Waals surface area contributed by atoms with E-state index in [1.807, 2.05) is 30.3 Å². The standard InChI is InChI=1S/C27H33ClF3N5O4/c1-27(2,3)40-26(38)36-13-15-10-11-16(35(15)12-14-8-6-5-7-9-14)20(36)21(23(30)31)39-25-17(24(37)33-4)19(32)18(29)22(28)34-25/h5-9,15-16,20-21,23H,10-13H2,1-4H3,(H2,32,34)(H,33,37). The first-order chi connectivity index (χ1) is 18.8. The number of amides is 2. The van der Waals surface area contributed by atoms with Gasteiger partial charge in [-0.05, 0) is 39.2 Å². The third-order valence-corrected chi connectivity index (χ3v) is 7.33. The number of piperazine rings is 1. The maximum absolute atomic E-state index is 14.9. The summed E-state index contributed by atoms with van der Waals surface area (Å²) < 4.78 is 55.6. The molecule has 0 aliphatic carbocycles. The average Bonchev–Trinajstić information content (AvgIpc) is 3.15. The summed E-state index contributed by atoms with van der Waals surface area (Å²) in [5.41, 5.74) is 4.63. The Labute approximate surface area is 235 Å². The number of ether oxygens (including phenoxy) is 2. The lowest BCUT2D eigenvalue weighted by molar-refractivity contribution is -0.0933. The van der Waals surface area contributed by atoms with Gasteiger partial charge in [0.1, 0.15) is 11.2 Å². The molecule has 0 radical (unpaired) electrons. The fraction of sp³-hybridized carbons (Fsp3) is 0.519. The summed E-state index contributed by atoms with van der Waals surface area (Å²) in [6.07, 6.45) is -4.71. The summed E-state index contributed by atoms with van der Waals surface area (Å²) in [5, 5.41) is 1.53. The third kappa shape index (κ3) is 6.07. The summed E-state index contributed by atoms with van der Waals surface area (Å²) in [6.45, 7) is 5.65. The number of pyridine rings is 1. The minimum atomic E-state index is -3.14. The second kappa shape index (κ2) is 11.7. The molecule has 2 fully saturated rings. The van der Waals surface area contributed by atoms with Crippen LogP contribution >= 0.6 is 11.6 Å². The Kier molecular flexibility index (Phi) is 8.69. The molecule has 4 rings (SSSR count). The number of rotatable bonds is 7. The predicted molar refractivity (Wildman–Crippen MR) is 143 cm³/mol. The maximum Gasteiger partial charge on any atom is 0.410 e. The second-order valence-corrected chi connectivity index (χ2v) is 11.2. The molecule has 1 aromatic heterocycles. The van der Waals surface area contributed by atoms with E-state index in [-0.39, 0.29) is 12.6 Å². The molecule has 0 saturated carbocycles. The largest absolute Gasteiger partial charge is 0.465 e. The van der Waals surface area contributed by atoms with Crippen molar-refractivity contribution in [1.29, 1.82) is 0 Å². The first kappa shape index (κ1) is 29.7. The van der Waals surface area contributed by atoms with Gasteiger partial charge in [-0.2, -0.15) is 4.98 Å². The Bertz CT molecular complexity index is 1250. The molecule has 9 nitrogen and oxygen atoms in total. The Morgan fingerprint density at radius 1 is 1.23 bits per heavy atom. The van der Waals surface area contributed by atoms with Gasteiger partial charge in [0.05, 0.1) is 11.7 Å². The van der Waals surface area contributed by atoms with Gasteiger partial charge < -0.3 is 20.5 Å². The van der Waals surface area contributed by atoms with Crippen molar-refractivity contribution >= 4 is 29.3 Å². The molecule has 13 heteroatoms. The Balaban J connectivity index is 1.78. The Morgan fingerprint density at radius 2 is 1.90 bits per heavy atom. The van der Waals surface area contributed by atoms with E-state index in [0.717, 1.165) is 5.56 Å². The maximum atomic E-state index is 14.9. The molecular formula is C27H33ClF3N5O4. The number of carbonyl (C=O) groups excluding carboxylic acids is 2. The predicted octanol–water partition coefficient (Wildman–Crippen LogP) is 4.48. The van der Waals surface area contributed by atoms with E-state index in [2.05, 4.69) is 15.2 Å². The van der Waals surface area contributed by atoms with Crippen LogP contribution in [0.2, 0.25) is 5.15 Å². The minimum Gasteiger partial charge on any atom is -0.465 e. The number of hydrogen-bond acceptors (Lipinski definition) is 7. The summed E-state index contributed by atoms with van der Waals surface area (Å²) in [5.74, 6) is -2.74. The van der Waals surface area contributed by atoms with Gasteiger partial charge >= 0.3 is 6.09 Å². The number of nitrogens with two attached hydrogens (primary N) is 1. The number of nitrogens with one attached hydrogen (secondary N) is 1. The van der Waals surface area contributed by atoms with Crippen LogP contribution in [0.15, 0.2) is 30.3 Å². The van der Waals surface area contributed by atoms with Crippen molar-refractivity contribution in [3.63, 3.8) is 0 Å². The first-order valence-electron chi connectivity index (χ1n) is 12.9. The molecule has 2 aromatic rings. The Morgan fingerprint density at radius 3 is 2.50 bits per heavy atom. The highest BCUT2D eigenvalue weighted by Gasteiger charge is 2.54. The molecule has 1 aromatic carbocycles. The zero-order valence-electron chi connectivity index (χ0n) is 22.7.